The van der Waals surface area contributed by atoms with Crippen molar-refractivity contribution in [2.75, 3.05) is 13.2 Å². The highest BCUT2D eigenvalue weighted by atomic mass is 16.5. The van der Waals surface area contributed by atoms with E-state index in [9.17, 15) is 9.59 Å². The maximum atomic E-state index is 13.4. The minimum Gasteiger partial charge on any atom is -0.494 e. The van der Waals surface area contributed by atoms with Crippen molar-refractivity contribution in [3.05, 3.63) is 102 Å². The van der Waals surface area contributed by atoms with Crippen LogP contribution in [0.15, 0.2) is 91.0 Å². The van der Waals surface area contributed by atoms with Gasteiger partial charge in [0.05, 0.1) is 6.61 Å². The quantitative estimate of drug-likeness (QED) is 0.415. The lowest BCUT2D eigenvalue weighted by molar-refractivity contribution is -0.141. The van der Waals surface area contributed by atoms with Crippen LogP contribution in [0.25, 0.3) is 0 Å². The molecule has 0 fully saturated rings. The number of amides is 2. The lowest BCUT2D eigenvalue weighted by Gasteiger charge is -2.31. The van der Waals surface area contributed by atoms with Crippen molar-refractivity contribution in [3.8, 4) is 5.75 Å². The first-order valence-electron chi connectivity index (χ1n) is 11.5. The van der Waals surface area contributed by atoms with E-state index in [1.807, 2.05) is 97.9 Å². The number of nitrogens with zero attached hydrogens (tertiary/aromatic N) is 1. The van der Waals surface area contributed by atoms with Gasteiger partial charge < -0.3 is 15.0 Å². The first-order valence-corrected chi connectivity index (χ1v) is 11.5. The van der Waals surface area contributed by atoms with Gasteiger partial charge in [0.15, 0.2) is 0 Å². The Kier molecular flexibility index (Phi) is 9.52. The van der Waals surface area contributed by atoms with Crippen LogP contribution in [0, 0.1) is 0 Å². The number of hydrogen-bond acceptors (Lipinski definition) is 3. The largest absolute Gasteiger partial charge is 0.494 e. The summed E-state index contributed by atoms with van der Waals surface area (Å²) in [6, 6.07) is 28.6. The molecule has 1 N–H and O–H groups in total. The fourth-order valence-electron chi connectivity index (χ4n) is 3.70. The lowest BCUT2D eigenvalue weighted by Crippen LogP contribution is -2.50. The minimum atomic E-state index is -0.588. The summed E-state index contributed by atoms with van der Waals surface area (Å²) in [5.74, 6) is 0.601. The van der Waals surface area contributed by atoms with Gasteiger partial charge in [-0.2, -0.15) is 0 Å². The molecule has 1 atom stereocenters. The number of para-hydroxylation sites is 1. The second-order valence-electron chi connectivity index (χ2n) is 7.87. The molecule has 0 aliphatic rings. The van der Waals surface area contributed by atoms with Gasteiger partial charge in [-0.3, -0.25) is 9.59 Å². The fourth-order valence-corrected chi connectivity index (χ4v) is 3.70. The summed E-state index contributed by atoms with van der Waals surface area (Å²) in [5, 5.41) is 2.92. The number of carbonyl (C=O) groups is 2. The van der Waals surface area contributed by atoms with Crippen molar-refractivity contribution >= 4 is 11.8 Å². The van der Waals surface area contributed by atoms with Crippen molar-refractivity contribution in [2.24, 2.45) is 0 Å². The Bertz CT molecular complexity index is 978. The molecule has 0 aliphatic heterocycles. The number of nitrogens with one attached hydrogen (secondary N) is 1. The van der Waals surface area contributed by atoms with Gasteiger partial charge in [-0.1, -0.05) is 78.9 Å². The third-order valence-corrected chi connectivity index (χ3v) is 5.36. The number of hydrogen-bond donors (Lipinski definition) is 1. The van der Waals surface area contributed by atoms with E-state index in [1.54, 1.807) is 4.90 Å². The molecular formula is C28H32N2O3. The number of ether oxygens (including phenoxy) is 1. The van der Waals surface area contributed by atoms with E-state index in [-0.39, 0.29) is 11.8 Å². The monoisotopic (exact) mass is 444 g/mol. The van der Waals surface area contributed by atoms with Crippen molar-refractivity contribution in [2.45, 2.75) is 38.8 Å². The van der Waals surface area contributed by atoms with Gasteiger partial charge in [0, 0.05) is 25.9 Å². The first-order chi connectivity index (χ1) is 16.2. The third kappa shape index (κ3) is 7.79. The van der Waals surface area contributed by atoms with Gasteiger partial charge in [0.25, 0.3) is 0 Å². The van der Waals surface area contributed by atoms with E-state index in [0.717, 1.165) is 16.9 Å². The molecule has 0 aromatic heterocycles. The molecule has 2 amide bonds. The molecule has 172 valence electrons. The van der Waals surface area contributed by atoms with E-state index in [4.69, 9.17) is 4.74 Å². The topological polar surface area (TPSA) is 58.6 Å². The normalized spacial score (nSPS) is 11.4. The Morgan fingerprint density at radius 2 is 1.42 bits per heavy atom. The maximum absolute atomic E-state index is 13.4. The average Bonchev–Trinajstić information content (AvgIpc) is 2.86. The standard InChI is InChI=1S/C28H32N2O3/c1-2-29-28(32)26(21-23-13-6-3-7-14-23)30(22-24-15-8-4-9-16-24)27(31)19-12-20-33-25-17-10-5-11-18-25/h3-11,13-18,26H,2,12,19-22H2,1H3,(H,29,32)/t26-/m0/s1. The Labute approximate surface area is 196 Å². The molecule has 3 rings (SSSR count). The molecule has 3 aromatic carbocycles. The van der Waals surface area contributed by atoms with Crippen LogP contribution in [-0.4, -0.2) is 35.9 Å². The number of likely N-dealkylation sites (N-methyl/N-ethyl adjacent to an activating group) is 1. The zero-order valence-electron chi connectivity index (χ0n) is 19.2. The molecule has 0 aliphatic carbocycles. The minimum absolute atomic E-state index is 0.0531. The Hall–Kier alpha value is -3.60. The molecule has 0 saturated carbocycles. The summed E-state index contributed by atoms with van der Waals surface area (Å²) >= 11 is 0. The summed E-state index contributed by atoms with van der Waals surface area (Å²) < 4.78 is 5.75. The Morgan fingerprint density at radius 3 is 2.03 bits per heavy atom. The number of rotatable bonds is 12. The van der Waals surface area contributed by atoms with Gasteiger partial charge >= 0.3 is 0 Å². The summed E-state index contributed by atoms with van der Waals surface area (Å²) in [4.78, 5) is 28.2. The number of carbonyl (C=O) groups excluding carboxylic acids is 2. The zero-order valence-corrected chi connectivity index (χ0v) is 19.2. The molecule has 33 heavy (non-hydrogen) atoms. The predicted octanol–water partition coefficient (Wildman–Crippen LogP) is 4.62. The van der Waals surface area contributed by atoms with Gasteiger partial charge in [0.1, 0.15) is 11.8 Å². The van der Waals surface area contributed by atoms with Crippen molar-refractivity contribution < 1.29 is 14.3 Å². The second kappa shape index (κ2) is 13.1. The van der Waals surface area contributed by atoms with E-state index >= 15 is 0 Å². The van der Waals surface area contributed by atoms with Crippen LogP contribution < -0.4 is 10.1 Å². The van der Waals surface area contributed by atoms with Crippen LogP contribution >= 0.6 is 0 Å². The Balaban J connectivity index is 1.74. The molecule has 0 radical (unpaired) electrons. The van der Waals surface area contributed by atoms with Crippen molar-refractivity contribution in [3.63, 3.8) is 0 Å². The molecule has 5 nitrogen and oxygen atoms in total. The molecule has 0 saturated heterocycles. The van der Waals surface area contributed by atoms with Crippen LogP contribution in [0.2, 0.25) is 0 Å². The van der Waals surface area contributed by atoms with Gasteiger partial charge in [0.2, 0.25) is 11.8 Å². The SMILES string of the molecule is CCNC(=O)[C@H](Cc1ccccc1)N(Cc1ccccc1)C(=O)CCCOc1ccccc1. The van der Waals surface area contributed by atoms with E-state index in [1.165, 1.54) is 0 Å². The molecule has 3 aromatic rings. The average molecular weight is 445 g/mol. The van der Waals surface area contributed by atoms with Crippen molar-refractivity contribution in [1.29, 1.82) is 0 Å². The van der Waals surface area contributed by atoms with Gasteiger partial charge in [-0.25, -0.2) is 0 Å². The molecule has 0 heterocycles. The molecule has 5 heteroatoms. The second-order valence-corrected chi connectivity index (χ2v) is 7.87. The van der Waals surface area contributed by atoms with Gasteiger partial charge in [-0.15, -0.1) is 0 Å². The zero-order chi connectivity index (χ0) is 23.3. The van der Waals surface area contributed by atoms with Gasteiger partial charge in [-0.05, 0) is 36.6 Å². The molecule has 0 bridgehead atoms. The molecule has 0 spiro atoms. The third-order valence-electron chi connectivity index (χ3n) is 5.36. The first kappa shape index (κ1) is 24.1. The van der Waals surface area contributed by atoms with Crippen LogP contribution in [-0.2, 0) is 22.6 Å². The van der Waals surface area contributed by atoms with Crippen LogP contribution in [0.1, 0.15) is 30.9 Å². The lowest BCUT2D eigenvalue weighted by atomic mass is 10.0. The molecule has 0 unspecified atom stereocenters. The smallest absolute Gasteiger partial charge is 0.243 e. The predicted molar refractivity (Wildman–Crippen MR) is 131 cm³/mol. The highest BCUT2D eigenvalue weighted by Gasteiger charge is 2.29. The summed E-state index contributed by atoms with van der Waals surface area (Å²) in [6.45, 7) is 3.23. The number of benzene rings is 3. The summed E-state index contributed by atoms with van der Waals surface area (Å²) in [7, 11) is 0. The molecular weight excluding hydrogens is 412 g/mol. The van der Waals surface area contributed by atoms with Crippen LogP contribution in [0.3, 0.4) is 0 Å². The van der Waals surface area contributed by atoms with E-state index in [2.05, 4.69) is 5.32 Å². The van der Waals surface area contributed by atoms with Crippen LogP contribution in [0.4, 0.5) is 0 Å². The summed E-state index contributed by atoms with van der Waals surface area (Å²) in [5.41, 5.74) is 2.01. The van der Waals surface area contributed by atoms with E-state index < -0.39 is 6.04 Å². The van der Waals surface area contributed by atoms with Crippen molar-refractivity contribution in [1.82, 2.24) is 10.2 Å². The summed E-state index contributed by atoms with van der Waals surface area (Å²) in [6.07, 6.45) is 1.35. The highest BCUT2D eigenvalue weighted by Crippen LogP contribution is 2.17. The maximum Gasteiger partial charge on any atom is 0.243 e. The highest BCUT2D eigenvalue weighted by molar-refractivity contribution is 5.88. The van der Waals surface area contributed by atoms with Crippen LogP contribution in [0.5, 0.6) is 5.75 Å². The fraction of sp³-hybridized carbons (Fsp3) is 0.286. The Morgan fingerprint density at radius 1 is 0.848 bits per heavy atom. The van der Waals surface area contributed by atoms with E-state index in [0.29, 0.717) is 39.0 Å².